The Balaban J connectivity index is 1.75. The first-order valence-corrected chi connectivity index (χ1v) is 11.0. The molecule has 3 rings (SSSR count). The van der Waals surface area contributed by atoms with Gasteiger partial charge in [-0.1, -0.05) is 13.8 Å². The van der Waals surface area contributed by atoms with E-state index in [0.717, 1.165) is 0 Å². The van der Waals surface area contributed by atoms with E-state index in [1.807, 2.05) is 13.8 Å². The van der Waals surface area contributed by atoms with Gasteiger partial charge in [-0.05, 0) is 17.9 Å². The fourth-order valence-corrected chi connectivity index (χ4v) is 4.64. The summed E-state index contributed by atoms with van der Waals surface area (Å²) in [4.78, 5) is 12.2. The number of fused-ring (bicyclic) bond motifs is 1. The second-order valence-corrected chi connectivity index (χ2v) is 9.33. The summed E-state index contributed by atoms with van der Waals surface area (Å²) < 4.78 is 21.8. The van der Waals surface area contributed by atoms with Crippen LogP contribution in [0.4, 0.5) is 0 Å². The zero-order valence-electron chi connectivity index (χ0n) is 18.6. The van der Waals surface area contributed by atoms with Crippen LogP contribution in [-0.2, 0) is 23.7 Å². The van der Waals surface area contributed by atoms with Crippen molar-refractivity contribution in [1.82, 2.24) is 0 Å². The molecule has 3 aliphatic rings. The number of carbonyl (C=O) groups is 1. The van der Waals surface area contributed by atoms with Crippen molar-refractivity contribution in [3.05, 3.63) is 11.8 Å². The molecule has 0 spiro atoms. The fourth-order valence-electron chi connectivity index (χ4n) is 4.64. The van der Waals surface area contributed by atoms with Crippen LogP contribution >= 0.6 is 0 Å². The monoisotopic (exact) mass is 478 g/mol. The quantitative estimate of drug-likeness (QED) is 0.179. The fraction of sp³-hybridized carbons (Fsp3) is 0.857. The number of ether oxygens (including phenoxy) is 4. The smallest absolute Gasteiger partial charge is 0.309 e. The van der Waals surface area contributed by atoms with Crippen LogP contribution in [0.2, 0.25) is 0 Å². The average Bonchev–Trinajstić information content (AvgIpc) is 3.03. The molecule has 1 saturated carbocycles. The van der Waals surface area contributed by atoms with Crippen molar-refractivity contribution < 1.29 is 59.5 Å². The third-order valence-electron chi connectivity index (χ3n) is 6.53. The molecule has 0 aromatic heterocycles. The van der Waals surface area contributed by atoms with Gasteiger partial charge in [0.1, 0.15) is 30.0 Å². The standard InChI is InChI=1S/C21H34O12/c1-9(2)3-14(25)33-19-15-11(4-13(24)21(15,29)8-23)10(6-30-19)7-31-20-18(28)17(27)16(26)12(5-22)32-20/h6,9,11-13,15-20,22-24,26-29H,3-5,7-8H2,1-2H3. The van der Waals surface area contributed by atoms with E-state index >= 15 is 0 Å². The summed E-state index contributed by atoms with van der Waals surface area (Å²) in [5.41, 5.74) is -1.56. The van der Waals surface area contributed by atoms with Crippen LogP contribution in [-0.4, -0.2) is 110 Å². The summed E-state index contributed by atoms with van der Waals surface area (Å²) in [6.45, 7) is 2.04. The molecule has 2 aliphatic heterocycles. The summed E-state index contributed by atoms with van der Waals surface area (Å²) in [7, 11) is 0. The van der Waals surface area contributed by atoms with Gasteiger partial charge >= 0.3 is 5.97 Å². The minimum Gasteiger partial charge on any atom is -0.462 e. The van der Waals surface area contributed by atoms with Gasteiger partial charge in [0, 0.05) is 12.3 Å². The Bertz CT molecular complexity index is 711. The first kappa shape index (κ1) is 26.3. The van der Waals surface area contributed by atoms with Crippen molar-refractivity contribution in [3.63, 3.8) is 0 Å². The van der Waals surface area contributed by atoms with Gasteiger partial charge in [-0.25, -0.2) is 0 Å². The highest BCUT2D eigenvalue weighted by Crippen LogP contribution is 2.49. The minimum absolute atomic E-state index is 0.0210. The van der Waals surface area contributed by atoms with Crippen LogP contribution in [0.3, 0.4) is 0 Å². The van der Waals surface area contributed by atoms with Crippen LogP contribution in [0.25, 0.3) is 0 Å². The van der Waals surface area contributed by atoms with Gasteiger partial charge in [-0.2, -0.15) is 0 Å². The lowest BCUT2D eigenvalue weighted by Gasteiger charge is -2.41. The molecule has 2 fully saturated rings. The predicted molar refractivity (Wildman–Crippen MR) is 108 cm³/mol. The highest BCUT2D eigenvalue weighted by molar-refractivity contribution is 5.69. The van der Waals surface area contributed by atoms with Crippen molar-refractivity contribution >= 4 is 5.97 Å². The first-order chi connectivity index (χ1) is 15.5. The van der Waals surface area contributed by atoms with E-state index in [1.165, 1.54) is 6.26 Å². The molecule has 0 radical (unpaired) electrons. The van der Waals surface area contributed by atoms with Crippen molar-refractivity contribution in [2.24, 2.45) is 17.8 Å². The molecule has 1 saturated heterocycles. The van der Waals surface area contributed by atoms with Crippen molar-refractivity contribution in [1.29, 1.82) is 0 Å². The Morgan fingerprint density at radius 3 is 2.45 bits per heavy atom. The van der Waals surface area contributed by atoms with Gasteiger partial charge < -0.3 is 54.7 Å². The molecule has 10 atom stereocenters. The van der Waals surface area contributed by atoms with Gasteiger partial charge in [-0.15, -0.1) is 0 Å². The lowest BCUT2D eigenvalue weighted by molar-refractivity contribution is -0.299. The third-order valence-corrected chi connectivity index (χ3v) is 6.53. The zero-order chi connectivity index (χ0) is 24.5. The van der Waals surface area contributed by atoms with Gasteiger partial charge in [0.25, 0.3) is 0 Å². The lowest BCUT2D eigenvalue weighted by atomic mass is 9.80. The number of rotatable bonds is 8. The summed E-state index contributed by atoms with van der Waals surface area (Å²) in [5, 5.41) is 70.5. The van der Waals surface area contributed by atoms with Crippen molar-refractivity contribution in [2.45, 2.75) is 75.4 Å². The highest BCUT2D eigenvalue weighted by Gasteiger charge is 2.60. The Morgan fingerprint density at radius 2 is 1.85 bits per heavy atom. The number of aliphatic hydroxyl groups is 7. The largest absolute Gasteiger partial charge is 0.462 e. The molecule has 12 heteroatoms. The molecule has 7 N–H and O–H groups in total. The highest BCUT2D eigenvalue weighted by atomic mass is 16.7. The molecule has 0 amide bonds. The molecule has 0 bridgehead atoms. The predicted octanol–water partition coefficient (Wildman–Crippen LogP) is -2.65. The summed E-state index contributed by atoms with van der Waals surface area (Å²) in [5.74, 6) is -2.12. The Morgan fingerprint density at radius 1 is 1.15 bits per heavy atom. The normalized spacial score (nSPS) is 43.1. The molecule has 190 valence electrons. The first-order valence-electron chi connectivity index (χ1n) is 11.0. The summed E-state index contributed by atoms with van der Waals surface area (Å²) >= 11 is 0. The minimum atomic E-state index is -1.99. The molecule has 1 aliphatic carbocycles. The van der Waals surface area contributed by atoms with Crippen LogP contribution < -0.4 is 0 Å². The van der Waals surface area contributed by atoms with E-state index in [2.05, 4.69) is 0 Å². The zero-order valence-corrected chi connectivity index (χ0v) is 18.6. The maximum Gasteiger partial charge on any atom is 0.309 e. The van der Waals surface area contributed by atoms with Crippen LogP contribution in [0.1, 0.15) is 26.7 Å². The average molecular weight is 478 g/mol. The Labute approximate surface area is 191 Å². The molecule has 12 nitrogen and oxygen atoms in total. The SMILES string of the molecule is CC(C)CC(=O)OC1OC=C(COC2OC(CO)C(O)C(O)C2O)C2CC(O)C(O)(CO)C12. The Hall–Kier alpha value is -1.35. The Kier molecular flexibility index (Phi) is 8.36. The summed E-state index contributed by atoms with van der Waals surface area (Å²) in [6, 6.07) is 0. The molecule has 0 aromatic carbocycles. The molecule has 0 aromatic rings. The molecular weight excluding hydrogens is 444 g/mol. The number of esters is 1. The topological polar surface area (TPSA) is 196 Å². The van der Waals surface area contributed by atoms with Crippen molar-refractivity contribution in [3.8, 4) is 0 Å². The molecule has 33 heavy (non-hydrogen) atoms. The van der Waals surface area contributed by atoms with E-state index in [-0.39, 0.29) is 25.4 Å². The molecular formula is C21H34O12. The van der Waals surface area contributed by atoms with Gasteiger partial charge in [-0.3, -0.25) is 4.79 Å². The van der Waals surface area contributed by atoms with Gasteiger partial charge in [0.2, 0.25) is 6.29 Å². The summed E-state index contributed by atoms with van der Waals surface area (Å²) in [6.07, 6.45) is -8.43. The third kappa shape index (κ3) is 5.19. The van der Waals surface area contributed by atoms with E-state index in [0.29, 0.717) is 5.57 Å². The van der Waals surface area contributed by atoms with E-state index in [1.54, 1.807) is 0 Å². The maximum atomic E-state index is 12.2. The van der Waals surface area contributed by atoms with Gasteiger partial charge in [0.15, 0.2) is 6.29 Å². The van der Waals surface area contributed by atoms with E-state index in [9.17, 15) is 40.5 Å². The van der Waals surface area contributed by atoms with Gasteiger partial charge in [0.05, 0.1) is 38.1 Å². The van der Waals surface area contributed by atoms with Crippen LogP contribution in [0.15, 0.2) is 11.8 Å². The lowest BCUT2D eigenvalue weighted by Crippen LogP contribution is -2.59. The number of hydrogen-bond donors (Lipinski definition) is 7. The van der Waals surface area contributed by atoms with E-state index in [4.69, 9.17) is 18.9 Å². The second-order valence-electron chi connectivity index (χ2n) is 9.33. The number of aliphatic hydroxyl groups excluding tert-OH is 6. The second kappa shape index (κ2) is 10.5. The van der Waals surface area contributed by atoms with Crippen LogP contribution in [0, 0.1) is 17.8 Å². The van der Waals surface area contributed by atoms with Crippen LogP contribution in [0.5, 0.6) is 0 Å². The number of carbonyl (C=O) groups excluding carboxylic acids is 1. The maximum absolute atomic E-state index is 12.2. The van der Waals surface area contributed by atoms with E-state index < -0.39 is 79.7 Å². The van der Waals surface area contributed by atoms with Crippen molar-refractivity contribution in [2.75, 3.05) is 19.8 Å². The molecule has 2 heterocycles. The number of hydrogen-bond acceptors (Lipinski definition) is 12. The molecule has 10 unspecified atom stereocenters.